The summed E-state index contributed by atoms with van der Waals surface area (Å²) in [5, 5.41) is 10.1. The van der Waals surface area contributed by atoms with Gasteiger partial charge >= 0.3 is 0 Å². The van der Waals surface area contributed by atoms with Crippen LogP contribution in [-0.2, 0) is 16.3 Å². The van der Waals surface area contributed by atoms with E-state index in [1.807, 2.05) is 0 Å². The van der Waals surface area contributed by atoms with Gasteiger partial charge in [-0.3, -0.25) is 0 Å². The molecular formula is C15H14F2O3S. The monoisotopic (exact) mass is 312 g/mol. The SMILES string of the molecule is CS(=O)(=O)c1cccc(C(O)Cc2c(F)cccc2F)c1. The Kier molecular flexibility index (Phi) is 4.39. The molecule has 112 valence electrons. The van der Waals surface area contributed by atoms with Crippen molar-refractivity contribution in [2.24, 2.45) is 0 Å². The lowest BCUT2D eigenvalue weighted by Crippen LogP contribution is -2.07. The zero-order chi connectivity index (χ0) is 15.6. The van der Waals surface area contributed by atoms with Crippen LogP contribution in [0, 0.1) is 11.6 Å². The molecule has 3 nitrogen and oxygen atoms in total. The molecule has 1 unspecified atom stereocenters. The Bertz CT molecular complexity index is 737. The molecule has 0 aliphatic heterocycles. The first-order valence-electron chi connectivity index (χ1n) is 6.20. The second kappa shape index (κ2) is 5.91. The Morgan fingerprint density at radius 2 is 1.67 bits per heavy atom. The van der Waals surface area contributed by atoms with Crippen LogP contribution in [0.1, 0.15) is 17.2 Å². The van der Waals surface area contributed by atoms with E-state index in [0.717, 1.165) is 18.4 Å². The second-order valence-electron chi connectivity index (χ2n) is 4.76. The molecule has 0 saturated carbocycles. The van der Waals surface area contributed by atoms with E-state index >= 15 is 0 Å². The highest BCUT2D eigenvalue weighted by Crippen LogP contribution is 2.24. The highest BCUT2D eigenvalue weighted by Gasteiger charge is 2.17. The van der Waals surface area contributed by atoms with Crippen molar-refractivity contribution in [3.8, 4) is 0 Å². The van der Waals surface area contributed by atoms with Crippen molar-refractivity contribution in [3.63, 3.8) is 0 Å². The molecule has 2 aromatic carbocycles. The Morgan fingerprint density at radius 1 is 1.10 bits per heavy atom. The first kappa shape index (κ1) is 15.6. The van der Waals surface area contributed by atoms with Gasteiger partial charge in [-0.15, -0.1) is 0 Å². The molecule has 0 aliphatic rings. The predicted molar refractivity (Wildman–Crippen MR) is 74.6 cm³/mol. The second-order valence-corrected chi connectivity index (χ2v) is 6.78. The maximum Gasteiger partial charge on any atom is 0.175 e. The molecule has 0 saturated heterocycles. The number of aliphatic hydroxyl groups is 1. The van der Waals surface area contributed by atoms with Crippen LogP contribution in [0.15, 0.2) is 47.4 Å². The van der Waals surface area contributed by atoms with E-state index in [1.165, 1.54) is 30.3 Å². The Morgan fingerprint density at radius 3 is 2.24 bits per heavy atom. The van der Waals surface area contributed by atoms with Gasteiger partial charge in [-0.05, 0) is 29.8 Å². The number of aliphatic hydroxyl groups excluding tert-OH is 1. The van der Waals surface area contributed by atoms with Crippen LogP contribution in [-0.4, -0.2) is 19.8 Å². The summed E-state index contributed by atoms with van der Waals surface area (Å²) in [6.07, 6.45) is -0.418. The largest absolute Gasteiger partial charge is 0.388 e. The quantitative estimate of drug-likeness (QED) is 0.944. The Hall–Kier alpha value is -1.79. The summed E-state index contributed by atoms with van der Waals surface area (Å²) in [6, 6.07) is 9.15. The maximum atomic E-state index is 13.5. The van der Waals surface area contributed by atoms with Crippen LogP contribution >= 0.6 is 0 Å². The summed E-state index contributed by atoms with van der Waals surface area (Å²) < 4.78 is 50.0. The average molecular weight is 312 g/mol. The van der Waals surface area contributed by atoms with E-state index < -0.39 is 27.6 Å². The molecule has 0 heterocycles. The van der Waals surface area contributed by atoms with Crippen LogP contribution in [0.3, 0.4) is 0 Å². The van der Waals surface area contributed by atoms with Crippen LogP contribution < -0.4 is 0 Å². The number of hydrogen-bond donors (Lipinski definition) is 1. The van der Waals surface area contributed by atoms with Gasteiger partial charge in [0.25, 0.3) is 0 Å². The molecule has 0 aliphatic carbocycles. The fourth-order valence-electron chi connectivity index (χ4n) is 1.99. The highest BCUT2D eigenvalue weighted by atomic mass is 32.2. The number of hydrogen-bond acceptors (Lipinski definition) is 3. The summed E-state index contributed by atoms with van der Waals surface area (Å²) in [5.74, 6) is -1.48. The maximum absolute atomic E-state index is 13.5. The van der Waals surface area contributed by atoms with Crippen molar-refractivity contribution in [2.45, 2.75) is 17.4 Å². The molecule has 1 N–H and O–H groups in total. The van der Waals surface area contributed by atoms with Crippen molar-refractivity contribution < 1.29 is 22.3 Å². The first-order valence-corrected chi connectivity index (χ1v) is 8.09. The molecule has 2 rings (SSSR count). The van der Waals surface area contributed by atoms with Gasteiger partial charge in [0.2, 0.25) is 0 Å². The minimum atomic E-state index is -3.41. The fraction of sp³-hybridized carbons (Fsp3) is 0.200. The standard InChI is InChI=1S/C15H14F2O3S/c1-21(19,20)11-5-2-4-10(8-11)15(18)9-12-13(16)6-3-7-14(12)17/h2-8,15,18H,9H2,1H3. The normalized spacial score (nSPS) is 13.1. The van der Waals surface area contributed by atoms with E-state index in [1.54, 1.807) is 0 Å². The zero-order valence-corrected chi connectivity index (χ0v) is 12.1. The summed E-state index contributed by atoms with van der Waals surface area (Å²) in [4.78, 5) is 0.0491. The number of rotatable bonds is 4. The lowest BCUT2D eigenvalue weighted by molar-refractivity contribution is 0.175. The van der Waals surface area contributed by atoms with Crippen LogP contribution in [0.2, 0.25) is 0 Å². The molecule has 1 atom stereocenters. The number of sulfone groups is 1. The van der Waals surface area contributed by atoms with Crippen molar-refractivity contribution >= 4 is 9.84 Å². The minimum absolute atomic E-state index is 0.0491. The summed E-state index contributed by atoms with van der Waals surface area (Å²) in [5.41, 5.74) is 0.0651. The third kappa shape index (κ3) is 3.65. The van der Waals surface area contributed by atoms with Gasteiger partial charge in [-0.25, -0.2) is 17.2 Å². The van der Waals surface area contributed by atoms with Crippen LogP contribution in [0.5, 0.6) is 0 Å². The zero-order valence-electron chi connectivity index (χ0n) is 11.3. The first-order chi connectivity index (χ1) is 9.79. The van der Waals surface area contributed by atoms with Crippen molar-refractivity contribution in [1.29, 1.82) is 0 Å². The van der Waals surface area contributed by atoms with Gasteiger partial charge in [0.15, 0.2) is 9.84 Å². The molecular weight excluding hydrogens is 298 g/mol. The lowest BCUT2D eigenvalue weighted by atomic mass is 10.0. The smallest absolute Gasteiger partial charge is 0.175 e. The third-order valence-corrected chi connectivity index (χ3v) is 4.24. The topological polar surface area (TPSA) is 54.4 Å². The average Bonchev–Trinajstić information content (AvgIpc) is 2.42. The molecule has 0 fully saturated rings. The highest BCUT2D eigenvalue weighted by molar-refractivity contribution is 7.90. The van der Waals surface area contributed by atoms with Gasteiger partial charge in [0.1, 0.15) is 11.6 Å². The molecule has 0 amide bonds. The van der Waals surface area contributed by atoms with Crippen molar-refractivity contribution in [1.82, 2.24) is 0 Å². The third-order valence-electron chi connectivity index (χ3n) is 3.13. The van der Waals surface area contributed by atoms with E-state index in [4.69, 9.17) is 0 Å². The summed E-state index contributed by atoms with van der Waals surface area (Å²) in [6.45, 7) is 0. The van der Waals surface area contributed by atoms with Gasteiger partial charge in [-0.1, -0.05) is 18.2 Å². The Labute approximate surface area is 121 Å². The summed E-state index contributed by atoms with van der Waals surface area (Å²) in [7, 11) is -3.41. The van der Waals surface area contributed by atoms with Gasteiger partial charge in [0.05, 0.1) is 11.0 Å². The molecule has 6 heteroatoms. The predicted octanol–water partition coefficient (Wildman–Crippen LogP) is 2.64. The Balaban J connectivity index is 2.31. The fourth-order valence-corrected chi connectivity index (χ4v) is 2.67. The van der Waals surface area contributed by atoms with E-state index in [0.29, 0.717) is 5.56 Å². The van der Waals surface area contributed by atoms with E-state index in [9.17, 15) is 22.3 Å². The number of benzene rings is 2. The molecule has 21 heavy (non-hydrogen) atoms. The lowest BCUT2D eigenvalue weighted by Gasteiger charge is -2.13. The van der Waals surface area contributed by atoms with Crippen LogP contribution in [0.25, 0.3) is 0 Å². The molecule has 0 spiro atoms. The van der Waals surface area contributed by atoms with Crippen molar-refractivity contribution in [2.75, 3.05) is 6.26 Å². The van der Waals surface area contributed by atoms with Crippen molar-refractivity contribution in [3.05, 3.63) is 65.2 Å². The summed E-state index contributed by atoms with van der Waals surface area (Å²) >= 11 is 0. The van der Waals surface area contributed by atoms with E-state index in [-0.39, 0.29) is 16.9 Å². The van der Waals surface area contributed by atoms with E-state index in [2.05, 4.69) is 0 Å². The molecule has 0 bridgehead atoms. The molecule has 2 aromatic rings. The van der Waals surface area contributed by atoms with Gasteiger partial charge in [0, 0.05) is 18.2 Å². The molecule has 0 radical (unpaired) electrons. The van der Waals surface area contributed by atoms with Gasteiger partial charge in [-0.2, -0.15) is 0 Å². The van der Waals surface area contributed by atoms with Gasteiger partial charge < -0.3 is 5.11 Å². The number of halogens is 2. The molecule has 0 aromatic heterocycles. The minimum Gasteiger partial charge on any atom is -0.388 e. The van der Waals surface area contributed by atoms with Crippen LogP contribution in [0.4, 0.5) is 8.78 Å².